The maximum absolute atomic E-state index is 13.0. The molecule has 2 heterocycles. The van der Waals surface area contributed by atoms with Crippen molar-refractivity contribution in [3.63, 3.8) is 0 Å². The summed E-state index contributed by atoms with van der Waals surface area (Å²) in [6, 6.07) is 11.3. The first-order chi connectivity index (χ1) is 15.2. The smallest absolute Gasteiger partial charge is 0.341 e. The maximum atomic E-state index is 13.0. The Morgan fingerprint density at radius 2 is 1.97 bits per heavy atom. The van der Waals surface area contributed by atoms with Gasteiger partial charge in [-0.05, 0) is 62.4 Å². The third-order valence-electron chi connectivity index (χ3n) is 5.62. The number of H-pyrrole nitrogens is 1. The minimum Gasteiger partial charge on any atom is -0.341 e. The van der Waals surface area contributed by atoms with Gasteiger partial charge in [-0.1, -0.05) is 0 Å². The number of nitrogens with zero attached hydrogens (tertiary/aromatic N) is 3. The lowest BCUT2D eigenvalue weighted by atomic mass is 9.97. The van der Waals surface area contributed by atoms with Crippen LogP contribution in [0.2, 0.25) is 0 Å². The molecule has 1 aliphatic heterocycles. The predicted molar refractivity (Wildman–Crippen MR) is 120 cm³/mol. The lowest BCUT2D eigenvalue weighted by Crippen LogP contribution is -2.46. The Hall–Kier alpha value is -3.29. The Kier molecular flexibility index (Phi) is 7.15. The van der Waals surface area contributed by atoms with Gasteiger partial charge < -0.3 is 15.6 Å². The SMILES string of the molecule is CN1CC[C@@H](NC(=O)Nc2ccc(C#N)cc2)C[C@@H]1c1nc2ccc(C(F)(F)F)cc2[nH]1.Cl. The predicted octanol–water partition coefficient (Wildman–Crippen LogP) is 4.83. The van der Waals surface area contributed by atoms with E-state index in [1.807, 2.05) is 13.1 Å². The average Bonchev–Trinajstić information content (AvgIpc) is 3.18. The van der Waals surface area contributed by atoms with E-state index < -0.39 is 11.7 Å². The number of nitriles is 1. The minimum atomic E-state index is -4.42. The second-order valence-electron chi connectivity index (χ2n) is 7.86. The number of benzene rings is 2. The molecule has 1 aromatic heterocycles. The van der Waals surface area contributed by atoms with Gasteiger partial charge in [0.2, 0.25) is 0 Å². The number of hydrogen-bond acceptors (Lipinski definition) is 4. The standard InChI is InChI=1S/C22H21F3N6O.ClH/c1-31-9-8-16(28-21(32)27-15-5-2-13(12-26)3-6-15)11-19(31)20-29-17-7-4-14(22(23,24)25)10-18(17)30-20;/h2-7,10,16,19H,8-9,11H2,1H3,(H,29,30)(H2,27,28,32);1H/t16-,19-;/m1./s1. The lowest BCUT2D eigenvalue weighted by Gasteiger charge is -2.36. The van der Waals surface area contributed by atoms with Crippen LogP contribution in [0.5, 0.6) is 0 Å². The summed E-state index contributed by atoms with van der Waals surface area (Å²) < 4.78 is 39.0. The summed E-state index contributed by atoms with van der Waals surface area (Å²) in [6.07, 6.45) is -3.13. The number of carbonyl (C=O) groups excluding carboxylic acids is 1. The third-order valence-corrected chi connectivity index (χ3v) is 5.62. The van der Waals surface area contributed by atoms with Crippen LogP contribution in [0.25, 0.3) is 11.0 Å². The number of urea groups is 1. The van der Waals surface area contributed by atoms with Gasteiger partial charge in [-0.3, -0.25) is 4.90 Å². The van der Waals surface area contributed by atoms with Crippen LogP contribution in [0.3, 0.4) is 0 Å². The van der Waals surface area contributed by atoms with Crippen LogP contribution in [0, 0.1) is 11.3 Å². The molecule has 0 radical (unpaired) electrons. The number of carbonyl (C=O) groups is 1. The number of imidazole rings is 1. The molecule has 2 atom stereocenters. The summed E-state index contributed by atoms with van der Waals surface area (Å²) in [6.45, 7) is 0.692. The van der Waals surface area contributed by atoms with Crippen LogP contribution in [0.15, 0.2) is 42.5 Å². The molecule has 0 bridgehead atoms. The molecule has 1 aliphatic rings. The number of nitrogens with one attached hydrogen (secondary N) is 3. The molecule has 2 amide bonds. The van der Waals surface area contributed by atoms with Crippen molar-refractivity contribution < 1.29 is 18.0 Å². The molecule has 0 saturated carbocycles. The number of fused-ring (bicyclic) bond motifs is 1. The van der Waals surface area contributed by atoms with Gasteiger partial charge in [0.25, 0.3) is 0 Å². The average molecular weight is 479 g/mol. The molecule has 2 aromatic carbocycles. The Balaban J connectivity index is 0.00000306. The number of likely N-dealkylation sites (tertiary alicyclic amines) is 1. The first kappa shape index (κ1) is 24.4. The highest BCUT2D eigenvalue weighted by atomic mass is 35.5. The number of hydrogen-bond donors (Lipinski definition) is 3. The van der Waals surface area contributed by atoms with E-state index in [1.54, 1.807) is 24.3 Å². The van der Waals surface area contributed by atoms with Crippen molar-refractivity contribution in [3.8, 4) is 6.07 Å². The van der Waals surface area contributed by atoms with Gasteiger partial charge >= 0.3 is 12.2 Å². The van der Waals surface area contributed by atoms with Crippen molar-refractivity contribution in [2.45, 2.75) is 31.1 Å². The maximum Gasteiger partial charge on any atom is 0.416 e. The highest BCUT2D eigenvalue weighted by molar-refractivity contribution is 5.89. The molecule has 4 rings (SSSR count). The van der Waals surface area contributed by atoms with Gasteiger partial charge in [0, 0.05) is 18.3 Å². The molecular weight excluding hydrogens is 457 g/mol. The van der Waals surface area contributed by atoms with E-state index in [0.717, 1.165) is 18.6 Å². The zero-order chi connectivity index (χ0) is 22.9. The summed E-state index contributed by atoms with van der Waals surface area (Å²) in [5, 5.41) is 14.5. The number of alkyl halides is 3. The molecule has 33 heavy (non-hydrogen) atoms. The number of halogens is 4. The molecule has 1 saturated heterocycles. The van der Waals surface area contributed by atoms with E-state index >= 15 is 0 Å². The van der Waals surface area contributed by atoms with Crippen molar-refractivity contribution in [2.24, 2.45) is 0 Å². The minimum absolute atomic E-state index is 0. The molecule has 0 aliphatic carbocycles. The van der Waals surface area contributed by atoms with E-state index in [4.69, 9.17) is 5.26 Å². The fourth-order valence-electron chi connectivity index (χ4n) is 3.88. The number of amides is 2. The Labute approximate surface area is 194 Å². The molecule has 0 unspecified atom stereocenters. The van der Waals surface area contributed by atoms with Gasteiger partial charge in [0.05, 0.1) is 34.3 Å². The van der Waals surface area contributed by atoms with Gasteiger partial charge in [-0.25, -0.2) is 9.78 Å². The fraction of sp³-hybridized carbons (Fsp3) is 0.318. The Bertz CT molecular complexity index is 1170. The number of aromatic nitrogens is 2. The van der Waals surface area contributed by atoms with Crippen LogP contribution in [-0.2, 0) is 6.18 Å². The first-order valence-corrected chi connectivity index (χ1v) is 10.1. The topological polar surface area (TPSA) is 96.8 Å². The monoisotopic (exact) mass is 478 g/mol. The van der Waals surface area contributed by atoms with Crippen molar-refractivity contribution in [2.75, 3.05) is 18.9 Å². The van der Waals surface area contributed by atoms with Crippen LogP contribution in [0.4, 0.5) is 23.7 Å². The van der Waals surface area contributed by atoms with Crippen LogP contribution >= 0.6 is 12.4 Å². The highest BCUT2D eigenvalue weighted by Crippen LogP contribution is 2.33. The second kappa shape index (κ2) is 9.68. The zero-order valence-corrected chi connectivity index (χ0v) is 18.4. The van der Waals surface area contributed by atoms with Crippen LogP contribution in [0.1, 0.15) is 35.8 Å². The first-order valence-electron chi connectivity index (χ1n) is 10.1. The van der Waals surface area contributed by atoms with Gasteiger partial charge in [-0.2, -0.15) is 18.4 Å². The van der Waals surface area contributed by atoms with Gasteiger partial charge in [0.1, 0.15) is 5.82 Å². The number of anilines is 1. The van der Waals surface area contributed by atoms with Gasteiger partial charge in [0.15, 0.2) is 0 Å². The quantitative estimate of drug-likeness (QED) is 0.502. The molecule has 174 valence electrons. The molecule has 0 spiro atoms. The van der Waals surface area contributed by atoms with Crippen molar-refractivity contribution in [1.29, 1.82) is 5.26 Å². The summed E-state index contributed by atoms with van der Waals surface area (Å²) >= 11 is 0. The number of aromatic amines is 1. The molecule has 3 N–H and O–H groups in total. The number of piperidine rings is 1. The normalized spacial score (nSPS) is 18.9. The zero-order valence-electron chi connectivity index (χ0n) is 17.6. The van der Waals surface area contributed by atoms with Gasteiger partial charge in [-0.15, -0.1) is 12.4 Å². The van der Waals surface area contributed by atoms with Crippen LogP contribution < -0.4 is 10.6 Å². The summed E-state index contributed by atoms with van der Waals surface area (Å²) in [7, 11) is 1.92. The Morgan fingerprint density at radius 3 is 2.64 bits per heavy atom. The second-order valence-corrected chi connectivity index (χ2v) is 7.86. The fourth-order valence-corrected chi connectivity index (χ4v) is 3.88. The van der Waals surface area contributed by atoms with E-state index in [-0.39, 0.29) is 30.5 Å². The lowest BCUT2D eigenvalue weighted by molar-refractivity contribution is -0.137. The van der Waals surface area contributed by atoms with E-state index in [2.05, 4.69) is 25.5 Å². The van der Waals surface area contributed by atoms with Crippen molar-refractivity contribution in [1.82, 2.24) is 20.2 Å². The molecule has 3 aromatic rings. The molecule has 11 heteroatoms. The number of rotatable bonds is 3. The summed E-state index contributed by atoms with van der Waals surface area (Å²) in [5.41, 5.74) is 1.15. The third kappa shape index (κ3) is 5.56. The van der Waals surface area contributed by atoms with E-state index in [0.29, 0.717) is 41.1 Å². The van der Waals surface area contributed by atoms with Crippen molar-refractivity contribution >= 4 is 35.2 Å². The summed E-state index contributed by atoms with van der Waals surface area (Å²) in [4.78, 5) is 22.0. The molecule has 7 nitrogen and oxygen atoms in total. The van der Waals surface area contributed by atoms with E-state index in [1.165, 1.54) is 6.07 Å². The summed E-state index contributed by atoms with van der Waals surface area (Å²) in [5.74, 6) is 0.570. The molecular formula is C22H22ClF3N6O. The molecule has 1 fully saturated rings. The van der Waals surface area contributed by atoms with E-state index in [9.17, 15) is 18.0 Å². The van der Waals surface area contributed by atoms with Crippen LogP contribution in [-0.4, -0.2) is 40.5 Å². The Morgan fingerprint density at radius 1 is 1.24 bits per heavy atom. The largest absolute Gasteiger partial charge is 0.416 e. The highest BCUT2D eigenvalue weighted by Gasteiger charge is 2.32. The van der Waals surface area contributed by atoms with Crippen molar-refractivity contribution in [3.05, 3.63) is 59.4 Å².